The van der Waals surface area contributed by atoms with Crippen LogP contribution in [0.5, 0.6) is 11.5 Å². The van der Waals surface area contributed by atoms with Gasteiger partial charge in [0.1, 0.15) is 16.5 Å². The summed E-state index contributed by atoms with van der Waals surface area (Å²) in [5, 5.41) is 12.4. The minimum absolute atomic E-state index is 0.461. The van der Waals surface area contributed by atoms with Crippen molar-refractivity contribution in [3.8, 4) is 11.5 Å². The molecule has 0 aliphatic heterocycles. The van der Waals surface area contributed by atoms with E-state index in [0.29, 0.717) is 29.9 Å². The van der Waals surface area contributed by atoms with Gasteiger partial charge in [0.15, 0.2) is 5.82 Å². The summed E-state index contributed by atoms with van der Waals surface area (Å²) in [7, 11) is 0. The first-order chi connectivity index (χ1) is 18.2. The van der Waals surface area contributed by atoms with Crippen molar-refractivity contribution in [1.82, 2.24) is 10.2 Å². The molecule has 1 fully saturated rings. The number of nitrogens with zero attached hydrogens (tertiary/aromatic N) is 2. The Balaban J connectivity index is 1.67. The molecule has 1 saturated carbocycles. The topological polar surface area (TPSA) is 56.3 Å². The monoisotopic (exact) mass is 525 g/mol. The van der Waals surface area contributed by atoms with Crippen molar-refractivity contribution >= 4 is 23.0 Å². The zero-order valence-corrected chi connectivity index (χ0v) is 24.1. The van der Waals surface area contributed by atoms with Crippen molar-refractivity contribution in [2.75, 3.05) is 18.5 Å². The summed E-state index contributed by atoms with van der Waals surface area (Å²) in [5.41, 5.74) is 1.87. The summed E-state index contributed by atoms with van der Waals surface area (Å²) in [4.78, 5) is 0.543. The van der Waals surface area contributed by atoms with E-state index < -0.39 is 0 Å². The van der Waals surface area contributed by atoms with Gasteiger partial charge in [-0.2, -0.15) is 5.10 Å². The fourth-order valence-electron chi connectivity index (χ4n) is 5.08. The number of aromatic nitrogens is 2. The van der Waals surface area contributed by atoms with Crippen LogP contribution in [0.15, 0.2) is 30.3 Å². The molecule has 1 unspecified atom stereocenters. The molecule has 1 aromatic carbocycles. The van der Waals surface area contributed by atoms with E-state index in [1.54, 1.807) is 0 Å². The highest BCUT2D eigenvalue weighted by Gasteiger charge is 2.19. The Hall–Kier alpha value is -2.21. The number of unbranched alkanes of at least 4 members (excludes halogenated alkanes) is 2. The maximum Gasteiger partial charge on any atom is 0.153 e. The number of hydrogen-bond acceptors (Lipinski definition) is 5. The first-order valence-electron chi connectivity index (χ1n) is 14.7. The summed E-state index contributed by atoms with van der Waals surface area (Å²) in [6, 6.07) is 9.99. The highest BCUT2D eigenvalue weighted by Crippen LogP contribution is 2.33. The van der Waals surface area contributed by atoms with E-state index in [9.17, 15) is 0 Å². The number of benzene rings is 1. The summed E-state index contributed by atoms with van der Waals surface area (Å²) in [6.45, 7) is 7.87. The Bertz CT molecular complexity index is 898. The molecule has 0 spiro atoms. The van der Waals surface area contributed by atoms with Crippen LogP contribution >= 0.6 is 12.2 Å². The smallest absolute Gasteiger partial charge is 0.153 e. The molecule has 0 radical (unpaired) electrons. The van der Waals surface area contributed by atoms with Crippen LogP contribution in [0.3, 0.4) is 0 Å². The number of nitrogens with one attached hydrogen (secondary N) is 1. The minimum atomic E-state index is 0.461. The largest absolute Gasteiger partial charge is 0.493 e. The second kappa shape index (κ2) is 16.6. The second-order valence-electron chi connectivity index (χ2n) is 10.4. The Labute approximate surface area is 230 Å². The molecular weight excluding hydrogens is 478 g/mol. The van der Waals surface area contributed by atoms with Gasteiger partial charge >= 0.3 is 0 Å². The summed E-state index contributed by atoms with van der Waals surface area (Å²) < 4.78 is 12.2. The highest BCUT2D eigenvalue weighted by atomic mass is 32.1. The molecule has 204 valence electrons. The fraction of sp³-hybridized carbons (Fsp3) is 0.645. The predicted molar refractivity (Wildman–Crippen MR) is 158 cm³/mol. The minimum Gasteiger partial charge on any atom is -0.493 e. The Morgan fingerprint density at radius 1 is 0.919 bits per heavy atom. The van der Waals surface area contributed by atoms with Crippen LogP contribution in [-0.2, 0) is 0 Å². The molecule has 37 heavy (non-hydrogen) atoms. The first-order valence-corrected chi connectivity index (χ1v) is 15.1. The van der Waals surface area contributed by atoms with Gasteiger partial charge in [0, 0.05) is 5.92 Å². The normalized spacial score (nSPS) is 15.1. The zero-order valence-electron chi connectivity index (χ0n) is 23.3. The maximum atomic E-state index is 6.09. The fourth-order valence-corrected chi connectivity index (χ4v) is 5.39. The van der Waals surface area contributed by atoms with E-state index in [2.05, 4.69) is 42.4 Å². The molecule has 5 nitrogen and oxygen atoms in total. The van der Waals surface area contributed by atoms with Gasteiger partial charge in [0.2, 0.25) is 0 Å². The summed E-state index contributed by atoms with van der Waals surface area (Å²) in [6.07, 6.45) is 16.2. The Kier molecular flexibility index (Phi) is 13.2. The Morgan fingerprint density at radius 3 is 2.11 bits per heavy atom. The molecule has 2 aromatic rings. The third-order valence-electron chi connectivity index (χ3n) is 7.46. The SMILES string of the molecule is CCCCOc1cccc(OCCCC)c1C(=S)Nc1ccc(C(CC)CCC2CCCCCC2)nn1. The van der Waals surface area contributed by atoms with Gasteiger partial charge < -0.3 is 14.8 Å². The average Bonchev–Trinajstić information content (AvgIpc) is 3.19. The number of ether oxygens (including phenoxy) is 2. The van der Waals surface area contributed by atoms with Gasteiger partial charge in [0.05, 0.1) is 24.5 Å². The summed E-state index contributed by atoms with van der Waals surface area (Å²) in [5.74, 6) is 3.48. The van der Waals surface area contributed by atoms with Crippen LogP contribution in [0.4, 0.5) is 5.82 Å². The van der Waals surface area contributed by atoms with Crippen molar-refractivity contribution in [1.29, 1.82) is 0 Å². The van der Waals surface area contributed by atoms with E-state index in [-0.39, 0.29) is 0 Å². The molecule has 1 aliphatic carbocycles. The molecule has 1 aliphatic rings. The molecule has 1 aromatic heterocycles. The molecule has 1 heterocycles. The van der Waals surface area contributed by atoms with E-state index in [1.165, 1.54) is 51.4 Å². The van der Waals surface area contributed by atoms with Crippen LogP contribution < -0.4 is 14.8 Å². The van der Waals surface area contributed by atoms with E-state index >= 15 is 0 Å². The third kappa shape index (κ3) is 9.55. The molecule has 6 heteroatoms. The number of thiocarbonyl (C=S) groups is 1. The van der Waals surface area contributed by atoms with Gasteiger partial charge in [-0.25, -0.2) is 0 Å². The van der Waals surface area contributed by atoms with Crippen molar-refractivity contribution in [3.05, 3.63) is 41.6 Å². The summed E-state index contributed by atoms with van der Waals surface area (Å²) >= 11 is 5.83. The molecule has 0 bridgehead atoms. The van der Waals surface area contributed by atoms with Crippen molar-refractivity contribution < 1.29 is 9.47 Å². The second-order valence-corrected chi connectivity index (χ2v) is 10.8. The lowest BCUT2D eigenvalue weighted by molar-refractivity contribution is 0.293. The van der Waals surface area contributed by atoms with Crippen molar-refractivity contribution in [2.24, 2.45) is 5.92 Å². The van der Waals surface area contributed by atoms with Crippen LogP contribution in [0, 0.1) is 5.92 Å². The van der Waals surface area contributed by atoms with Gasteiger partial charge in [-0.1, -0.05) is 90.4 Å². The van der Waals surface area contributed by atoms with Crippen molar-refractivity contribution in [3.63, 3.8) is 0 Å². The van der Waals surface area contributed by atoms with E-state index in [4.69, 9.17) is 21.7 Å². The number of rotatable bonds is 15. The molecule has 0 saturated heterocycles. The lowest BCUT2D eigenvalue weighted by atomic mass is 9.88. The van der Waals surface area contributed by atoms with Gasteiger partial charge in [-0.15, -0.1) is 5.10 Å². The first kappa shape index (κ1) is 29.3. The number of anilines is 1. The molecular formula is C31H47N3O2S. The van der Waals surface area contributed by atoms with Crippen LogP contribution in [0.1, 0.15) is 121 Å². The Morgan fingerprint density at radius 2 is 1.57 bits per heavy atom. The lowest BCUT2D eigenvalue weighted by Gasteiger charge is -2.19. The highest BCUT2D eigenvalue weighted by molar-refractivity contribution is 7.81. The van der Waals surface area contributed by atoms with Crippen molar-refractivity contribution in [2.45, 2.75) is 110 Å². The maximum absolute atomic E-state index is 6.09. The van der Waals surface area contributed by atoms with E-state index in [0.717, 1.165) is 60.8 Å². The zero-order chi connectivity index (χ0) is 26.3. The van der Waals surface area contributed by atoms with Crippen LogP contribution in [-0.4, -0.2) is 28.4 Å². The lowest BCUT2D eigenvalue weighted by Crippen LogP contribution is -2.16. The third-order valence-corrected chi connectivity index (χ3v) is 7.77. The molecule has 1 N–H and O–H groups in total. The van der Waals surface area contributed by atoms with E-state index in [1.807, 2.05) is 24.3 Å². The molecule has 3 rings (SSSR count). The van der Waals surface area contributed by atoms with Gasteiger partial charge in [-0.3, -0.25) is 0 Å². The quantitative estimate of drug-likeness (QED) is 0.142. The molecule has 1 atom stereocenters. The predicted octanol–water partition coefficient (Wildman–Crippen LogP) is 8.87. The van der Waals surface area contributed by atoms with Gasteiger partial charge in [-0.05, 0) is 62.3 Å². The van der Waals surface area contributed by atoms with Gasteiger partial charge in [0.25, 0.3) is 0 Å². The average molecular weight is 526 g/mol. The standard InChI is InChI=1S/C31H47N3O2S/c1-4-7-22-35-27-16-13-17-28(36-23-8-5-2)30(27)31(37)32-29-21-20-26(33-34-29)25(6-3)19-18-24-14-11-9-10-12-15-24/h13,16-17,20-21,24-25H,4-12,14-15,18-19,22-23H2,1-3H3,(H,32,34,37). The van der Waals surface area contributed by atoms with Crippen LogP contribution in [0.2, 0.25) is 0 Å². The number of hydrogen-bond donors (Lipinski definition) is 1. The molecule has 0 amide bonds. The van der Waals surface area contributed by atoms with Crippen LogP contribution in [0.25, 0.3) is 0 Å².